The number of amides is 2. The van der Waals surface area contributed by atoms with Crippen LogP contribution in [-0.2, 0) is 16.1 Å². The lowest BCUT2D eigenvalue weighted by Gasteiger charge is -2.29. The second-order valence-electron chi connectivity index (χ2n) is 8.28. The zero-order chi connectivity index (χ0) is 23.8. The van der Waals surface area contributed by atoms with Gasteiger partial charge in [0.1, 0.15) is 11.8 Å². The number of halogens is 2. The minimum Gasteiger partial charge on any atom is -0.484 e. The molecule has 174 valence electrons. The van der Waals surface area contributed by atoms with Gasteiger partial charge in [0.2, 0.25) is 5.91 Å². The van der Waals surface area contributed by atoms with Gasteiger partial charge in [-0.25, -0.2) is 0 Å². The van der Waals surface area contributed by atoms with Crippen LogP contribution in [0, 0.1) is 0 Å². The molecule has 32 heavy (non-hydrogen) atoms. The molecule has 2 aromatic rings. The minimum atomic E-state index is -0.683. The molecule has 2 rings (SSSR count). The molecule has 0 heterocycles. The van der Waals surface area contributed by atoms with Gasteiger partial charge in [0.05, 0.1) is 10.0 Å². The Morgan fingerprint density at radius 3 is 2.22 bits per heavy atom. The highest BCUT2D eigenvalue weighted by atomic mass is 35.5. The van der Waals surface area contributed by atoms with Crippen molar-refractivity contribution < 1.29 is 14.3 Å². The van der Waals surface area contributed by atoms with E-state index >= 15 is 0 Å². The number of hydrogen-bond donors (Lipinski definition) is 1. The Bertz CT molecular complexity index is 916. The van der Waals surface area contributed by atoms with Crippen molar-refractivity contribution in [2.24, 2.45) is 0 Å². The summed E-state index contributed by atoms with van der Waals surface area (Å²) >= 11 is 12.2. The van der Waals surface area contributed by atoms with Crippen molar-refractivity contribution in [1.82, 2.24) is 10.2 Å². The quantitative estimate of drug-likeness (QED) is 0.467. The average molecular weight is 479 g/mol. The van der Waals surface area contributed by atoms with Crippen molar-refractivity contribution in [2.45, 2.75) is 65.6 Å². The molecule has 0 aliphatic carbocycles. The van der Waals surface area contributed by atoms with Crippen molar-refractivity contribution in [3.8, 4) is 5.75 Å². The van der Waals surface area contributed by atoms with Gasteiger partial charge in [-0.2, -0.15) is 0 Å². The first-order valence-corrected chi connectivity index (χ1v) is 11.6. The smallest absolute Gasteiger partial charge is 0.261 e. The maximum Gasteiger partial charge on any atom is 0.261 e. The lowest BCUT2D eigenvalue weighted by molar-refractivity contribution is -0.142. The van der Waals surface area contributed by atoms with E-state index in [1.165, 1.54) is 10.5 Å². The molecule has 0 aliphatic heterocycles. The summed E-state index contributed by atoms with van der Waals surface area (Å²) in [5.41, 5.74) is 1.97. The summed E-state index contributed by atoms with van der Waals surface area (Å²) in [4.78, 5) is 27.4. The average Bonchev–Trinajstić information content (AvgIpc) is 2.77. The van der Waals surface area contributed by atoms with Gasteiger partial charge in [0, 0.05) is 12.6 Å². The Hall–Kier alpha value is -2.24. The lowest BCUT2D eigenvalue weighted by atomic mass is 10.0. The first kappa shape index (κ1) is 26.0. The van der Waals surface area contributed by atoms with E-state index < -0.39 is 6.04 Å². The Morgan fingerprint density at radius 2 is 1.66 bits per heavy atom. The van der Waals surface area contributed by atoms with Crippen molar-refractivity contribution in [2.75, 3.05) is 6.61 Å². The van der Waals surface area contributed by atoms with E-state index in [1.54, 1.807) is 25.1 Å². The van der Waals surface area contributed by atoms with Crippen LogP contribution in [0.15, 0.2) is 42.5 Å². The summed E-state index contributed by atoms with van der Waals surface area (Å²) in [6.45, 7) is 9.90. The van der Waals surface area contributed by atoms with Crippen LogP contribution in [0.1, 0.15) is 58.1 Å². The van der Waals surface area contributed by atoms with Crippen LogP contribution in [-0.4, -0.2) is 35.4 Å². The van der Waals surface area contributed by atoms with Crippen molar-refractivity contribution in [3.63, 3.8) is 0 Å². The molecule has 0 saturated carbocycles. The van der Waals surface area contributed by atoms with Crippen LogP contribution >= 0.6 is 23.2 Å². The van der Waals surface area contributed by atoms with E-state index in [-0.39, 0.29) is 31.0 Å². The van der Waals surface area contributed by atoms with Gasteiger partial charge in [-0.1, -0.05) is 62.2 Å². The summed E-state index contributed by atoms with van der Waals surface area (Å²) in [6, 6.07) is 12.2. The maximum atomic E-state index is 13.1. The molecule has 0 radical (unpaired) electrons. The van der Waals surface area contributed by atoms with Crippen molar-refractivity contribution >= 4 is 35.0 Å². The number of nitrogens with zero attached hydrogens (tertiary/aromatic N) is 1. The molecular weight excluding hydrogens is 447 g/mol. The van der Waals surface area contributed by atoms with E-state index in [2.05, 4.69) is 19.2 Å². The predicted octanol–water partition coefficient (Wildman–Crippen LogP) is 5.83. The first-order valence-electron chi connectivity index (χ1n) is 10.9. The molecule has 7 heteroatoms. The number of nitrogens with one attached hydrogen (secondary N) is 1. The van der Waals surface area contributed by atoms with Gasteiger partial charge in [-0.15, -0.1) is 0 Å². The Labute approximate surface area is 201 Å². The molecular formula is C25H32Cl2N2O3. The molecule has 2 atom stereocenters. The molecule has 0 aliphatic rings. The van der Waals surface area contributed by atoms with Gasteiger partial charge >= 0.3 is 0 Å². The van der Waals surface area contributed by atoms with Gasteiger partial charge < -0.3 is 15.0 Å². The topological polar surface area (TPSA) is 58.6 Å². The second kappa shape index (κ2) is 12.1. The number of carbonyl (C=O) groups is 2. The largest absolute Gasteiger partial charge is 0.484 e. The Morgan fingerprint density at radius 1 is 1.00 bits per heavy atom. The third kappa shape index (κ3) is 7.42. The van der Waals surface area contributed by atoms with Gasteiger partial charge in [-0.3, -0.25) is 9.59 Å². The highest BCUT2D eigenvalue weighted by Gasteiger charge is 2.27. The summed E-state index contributed by atoms with van der Waals surface area (Å²) in [5, 5.41) is 3.77. The van der Waals surface area contributed by atoms with Gasteiger partial charge in [-0.05, 0) is 61.6 Å². The zero-order valence-corrected chi connectivity index (χ0v) is 20.8. The highest BCUT2D eigenvalue weighted by molar-refractivity contribution is 6.42. The molecule has 0 bridgehead atoms. The Kier molecular flexibility index (Phi) is 9.85. The number of rotatable bonds is 10. The van der Waals surface area contributed by atoms with E-state index in [4.69, 9.17) is 27.9 Å². The molecule has 0 aromatic heterocycles. The fourth-order valence-corrected chi connectivity index (χ4v) is 3.38. The van der Waals surface area contributed by atoms with Crippen molar-refractivity contribution in [3.05, 3.63) is 63.6 Å². The Balaban J connectivity index is 2.16. The summed E-state index contributed by atoms with van der Waals surface area (Å²) < 4.78 is 5.73. The fourth-order valence-electron chi connectivity index (χ4n) is 3.06. The minimum absolute atomic E-state index is 0.0163. The summed E-state index contributed by atoms with van der Waals surface area (Å²) in [5.74, 6) is 0.510. The fraction of sp³-hybridized carbons (Fsp3) is 0.440. The van der Waals surface area contributed by atoms with Crippen LogP contribution in [0.5, 0.6) is 5.75 Å². The van der Waals surface area contributed by atoms with E-state index in [9.17, 15) is 9.59 Å². The van der Waals surface area contributed by atoms with Gasteiger partial charge in [0.15, 0.2) is 6.61 Å². The molecule has 2 unspecified atom stereocenters. The summed E-state index contributed by atoms with van der Waals surface area (Å²) in [7, 11) is 0. The number of ether oxygens (including phenoxy) is 1. The van der Waals surface area contributed by atoms with Crippen molar-refractivity contribution in [1.29, 1.82) is 0 Å². The first-order chi connectivity index (χ1) is 15.1. The van der Waals surface area contributed by atoms with Gasteiger partial charge in [0.25, 0.3) is 5.91 Å². The normalized spacial score (nSPS) is 12.9. The standard InChI is InChI=1S/C25H32Cl2N2O3/c1-6-17(4)28-25(31)18(5)29(14-19-7-12-22(26)23(27)13-19)24(30)15-32-21-10-8-20(9-11-21)16(2)3/h7-13,16-18H,6,14-15H2,1-5H3,(H,28,31). The third-order valence-electron chi connectivity index (χ3n) is 5.41. The second-order valence-corrected chi connectivity index (χ2v) is 9.09. The highest BCUT2D eigenvalue weighted by Crippen LogP contribution is 2.24. The molecule has 2 amide bonds. The number of benzene rings is 2. The third-order valence-corrected chi connectivity index (χ3v) is 6.15. The van der Waals surface area contributed by atoms with Crippen LogP contribution in [0.4, 0.5) is 0 Å². The van der Waals surface area contributed by atoms with E-state index in [1.807, 2.05) is 38.1 Å². The number of hydrogen-bond acceptors (Lipinski definition) is 3. The molecule has 5 nitrogen and oxygen atoms in total. The van der Waals surface area contributed by atoms with E-state index in [0.717, 1.165) is 12.0 Å². The molecule has 0 fully saturated rings. The zero-order valence-electron chi connectivity index (χ0n) is 19.3. The maximum absolute atomic E-state index is 13.1. The molecule has 1 N–H and O–H groups in total. The monoisotopic (exact) mass is 478 g/mol. The van der Waals surface area contributed by atoms with E-state index in [0.29, 0.717) is 21.7 Å². The van der Waals surface area contributed by atoms with Crippen LogP contribution in [0.2, 0.25) is 10.0 Å². The molecule has 2 aromatic carbocycles. The summed E-state index contributed by atoms with van der Waals surface area (Å²) in [6.07, 6.45) is 0.800. The number of carbonyl (C=O) groups excluding carboxylic acids is 2. The molecule has 0 spiro atoms. The SMILES string of the molecule is CCC(C)NC(=O)C(C)N(Cc1ccc(Cl)c(Cl)c1)C(=O)COc1ccc(C(C)C)cc1. The predicted molar refractivity (Wildman–Crippen MR) is 130 cm³/mol. The van der Waals surface area contributed by atoms with Crippen LogP contribution in [0.3, 0.4) is 0 Å². The van der Waals surface area contributed by atoms with Crippen LogP contribution < -0.4 is 10.1 Å². The lowest BCUT2D eigenvalue weighted by Crippen LogP contribution is -2.50. The van der Waals surface area contributed by atoms with Crippen LogP contribution in [0.25, 0.3) is 0 Å². The molecule has 0 saturated heterocycles.